The lowest BCUT2D eigenvalue weighted by molar-refractivity contribution is 0.102. The Kier molecular flexibility index (Phi) is 5.37. The van der Waals surface area contributed by atoms with E-state index in [1.807, 2.05) is 24.3 Å². The van der Waals surface area contributed by atoms with Crippen molar-refractivity contribution in [2.75, 3.05) is 10.6 Å². The van der Waals surface area contributed by atoms with E-state index < -0.39 is 0 Å². The fourth-order valence-electron chi connectivity index (χ4n) is 2.73. The average Bonchev–Trinajstić information content (AvgIpc) is 2.69. The molecule has 6 heteroatoms. The van der Waals surface area contributed by atoms with Crippen molar-refractivity contribution < 1.29 is 4.79 Å². The Labute approximate surface area is 164 Å². The number of anilines is 3. The summed E-state index contributed by atoms with van der Waals surface area (Å²) in [6.07, 6.45) is 0. The molecule has 1 aromatic heterocycles. The summed E-state index contributed by atoms with van der Waals surface area (Å²) in [4.78, 5) is 12.6. The van der Waals surface area contributed by atoms with Crippen molar-refractivity contribution in [2.24, 2.45) is 0 Å². The van der Waals surface area contributed by atoms with Crippen LogP contribution in [0.15, 0.2) is 60.7 Å². The van der Waals surface area contributed by atoms with Gasteiger partial charge in [-0.1, -0.05) is 39.0 Å². The van der Waals surface area contributed by atoms with Crippen molar-refractivity contribution in [2.45, 2.75) is 26.2 Å². The van der Waals surface area contributed by atoms with Gasteiger partial charge in [-0.25, -0.2) is 0 Å². The molecular weight excluding hydrogens is 350 g/mol. The third kappa shape index (κ3) is 4.51. The SMILES string of the molecule is CC(C)(C)c1ccccc1NC(=O)c1ccc(Nc2ccc(C#N)cc2)nn1. The third-order valence-corrected chi connectivity index (χ3v) is 4.17. The van der Waals surface area contributed by atoms with Crippen LogP contribution in [-0.4, -0.2) is 16.1 Å². The number of hydrogen-bond acceptors (Lipinski definition) is 5. The van der Waals surface area contributed by atoms with Crippen LogP contribution >= 0.6 is 0 Å². The predicted octanol–water partition coefficient (Wildman–Crippen LogP) is 4.64. The average molecular weight is 371 g/mol. The largest absolute Gasteiger partial charge is 0.339 e. The van der Waals surface area contributed by atoms with Gasteiger partial charge in [0.05, 0.1) is 11.6 Å². The van der Waals surface area contributed by atoms with Crippen LogP contribution in [0.1, 0.15) is 42.4 Å². The molecule has 0 saturated heterocycles. The summed E-state index contributed by atoms with van der Waals surface area (Å²) in [6.45, 7) is 6.30. The molecule has 2 aromatic carbocycles. The first kappa shape index (κ1) is 19.1. The zero-order chi connectivity index (χ0) is 20.1. The number of amides is 1. The van der Waals surface area contributed by atoms with Gasteiger partial charge in [-0.05, 0) is 53.4 Å². The zero-order valence-corrected chi connectivity index (χ0v) is 16.0. The number of rotatable bonds is 4. The first-order valence-electron chi connectivity index (χ1n) is 8.88. The van der Waals surface area contributed by atoms with Crippen molar-refractivity contribution in [3.63, 3.8) is 0 Å². The molecule has 28 heavy (non-hydrogen) atoms. The fourth-order valence-corrected chi connectivity index (χ4v) is 2.73. The van der Waals surface area contributed by atoms with E-state index >= 15 is 0 Å². The molecule has 0 aliphatic rings. The molecule has 0 aliphatic heterocycles. The molecule has 0 atom stereocenters. The monoisotopic (exact) mass is 371 g/mol. The Morgan fingerprint density at radius 3 is 2.29 bits per heavy atom. The molecule has 0 aliphatic carbocycles. The van der Waals surface area contributed by atoms with Crippen LogP contribution < -0.4 is 10.6 Å². The highest BCUT2D eigenvalue weighted by Crippen LogP contribution is 2.29. The van der Waals surface area contributed by atoms with E-state index in [2.05, 4.69) is 47.7 Å². The molecule has 3 rings (SSSR count). The molecule has 140 valence electrons. The summed E-state index contributed by atoms with van der Waals surface area (Å²) < 4.78 is 0. The first-order valence-corrected chi connectivity index (χ1v) is 8.88. The van der Waals surface area contributed by atoms with E-state index in [1.165, 1.54) is 0 Å². The van der Waals surface area contributed by atoms with Gasteiger partial charge < -0.3 is 10.6 Å². The Bertz CT molecular complexity index is 1010. The molecule has 2 N–H and O–H groups in total. The van der Waals surface area contributed by atoms with Crippen LogP contribution in [-0.2, 0) is 5.41 Å². The van der Waals surface area contributed by atoms with Crippen molar-refractivity contribution >= 4 is 23.1 Å². The van der Waals surface area contributed by atoms with Gasteiger partial charge in [0.2, 0.25) is 0 Å². The predicted molar refractivity (Wildman–Crippen MR) is 110 cm³/mol. The lowest BCUT2D eigenvalue weighted by Crippen LogP contribution is -2.19. The summed E-state index contributed by atoms with van der Waals surface area (Å²) in [7, 11) is 0. The molecule has 1 amide bonds. The van der Waals surface area contributed by atoms with Crippen molar-refractivity contribution in [3.8, 4) is 6.07 Å². The van der Waals surface area contributed by atoms with E-state index in [1.54, 1.807) is 36.4 Å². The maximum Gasteiger partial charge on any atom is 0.276 e. The highest BCUT2D eigenvalue weighted by molar-refractivity contribution is 6.03. The van der Waals surface area contributed by atoms with Gasteiger partial charge in [0.15, 0.2) is 11.5 Å². The quantitative estimate of drug-likeness (QED) is 0.697. The number of nitrogens with zero attached hydrogens (tertiary/aromatic N) is 3. The van der Waals surface area contributed by atoms with Crippen LogP contribution in [0, 0.1) is 11.3 Å². The van der Waals surface area contributed by atoms with Crippen LogP contribution in [0.5, 0.6) is 0 Å². The summed E-state index contributed by atoms with van der Waals surface area (Å²) >= 11 is 0. The Balaban J connectivity index is 1.71. The molecule has 3 aromatic rings. The van der Waals surface area contributed by atoms with Crippen molar-refractivity contribution in [1.82, 2.24) is 10.2 Å². The lowest BCUT2D eigenvalue weighted by atomic mass is 9.86. The van der Waals surface area contributed by atoms with Gasteiger partial charge in [0.25, 0.3) is 5.91 Å². The molecule has 0 unspecified atom stereocenters. The summed E-state index contributed by atoms with van der Waals surface area (Å²) in [6, 6.07) is 20.1. The summed E-state index contributed by atoms with van der Waals surface area (Å²) in [5.74, 6) is 0.200. The Morgan fingerprint density at radius 1 is 0.964 bits per heavy atom. The molecular formula is C22H21N5O. The van der Waals surface area contributed by atoms with Gasteiger partial charge in [0, 0.05) is 11.4 Å². The molecule has 0 radical (unpaired) electrons. The van der Waals surface area contributed by atoms with Gasteiger partial charge in [-0.2, -0.15) is 5.26 Å². The van der Waals surface area contributed by atoms with Crippen molar-refractivity contribution in [3.05, 3.63) is 77.5 Å². The summed E-state index contributed by atoms with van der Waals surface area (Å²) in [5, 5.41) is 22.9. The minimum atomic E-state index is -0.311. The van der Waals surface area contributed by atoms with E-state index in [9.17, 15) is 4.79 Å². The maximum atomic E-state index is 12.6. The van der Waals surface area contributed by atoms with Crippen LogP contribution in [0.25, 0.3) is 0 Å². The number of nitrogens with one attached hydrogen (secondary N) is 2. The topological polar surface area (TPSA) is 90.7 Å². The number of para-hydroxylation sites is 1. The van der Waals surface area contributed by atoms with Crippen LogP contribution in [0.3, 0.4) is 0 Å². The second-order valence-corrected chi connectivity index (χ2v) is 7.37. The molecule has 6 nitrogen and oxygen atoms in total. The molecule has 0 fully saturated rings. The Hall–Kier alpha value is -3.72. The third-order valence-electron chi connectivity index (χ3n) is 4.17. The van der Waals surface area contributed by atoms with Crippen LogP contribution in [0.4, 0.5) is 17.2 Å². The number of aromatic nitrogens is 2. The number of carbonyl (C=O) groups excluding carboxylic acids is 1. The van der Waals surface area contributed by atoms with Crippen LogP contribution in [0.2, 0.25) is 0 Å². The van der Waals surface area contributed by atoms with Gasteiger partial charge in [0.1, 0.15) is 0 Å². The van der Waals surface area contributed by atoms with Crippen molar-refractivity contribution in [1.29, 1.82) is 5.26 Å². The number of carbonyl (C=O) groups is 1. The standard InChI is InChI=1S/C22H21N5O/c1-22(2,3)17-6-4-5-7-18(17)25-21(28)19-12-13-20(27-26-19)24-16-10-8-15(14-23)9-11-16/h4-13H,1-3H3,(H,24,27)(H,25,28). The highest BCUT2D eigenvalue weighted by Gasteiger charge is 2.19. The fraction of sp³-hybridized carbons (Fsp3) is 0.182. The molecule has 0 bridgehead atoms. The minimum absolute atomic E-state index is 0.0928. The van der Waals surface area contributed by atoms with Gasteiger partial charge >= 0.3 is 0 Å². The second-order valence-electron chi connectivity index (χ2n) is 7.37. The minimum Gasteiger partial charge on any atom is -0.339 e. The van der Waals surface area contributed by atoms with Gasteiger partial charge in [-0.15, -0.1) is 10.2 Å². The number of benzene rings is 2. The lowest BCUT2D eigenvalue weighted by Gasteiger charge is -2.22. The first-order chi connectivity index (χ1) is 13.4. The molecule has 1 heterocycles. The maximum absolute atomic E-state index is 12.6. The summed E-state index contributed by atoms with van der Waals surface area (Å²) in [5.41, 5.74) is 3.32. The van der Waals surface area contributed by atoms with Gasteiger partial charge in [-0.3, -0.25) is 4.79 Å². The van der Waals surface area contributed by atoms with E-state index in [4.69, 9.17) is 5.26 Å². The zero-order valence-electron chi connectivity index (χ0n) is 16.0. The highest BCUT2D eigenvalue weighted by atomic mass is 16.1. The van der Waals surface area contributed by atoms with E-state index in [0.717, 1.165) is 16.9 Å². The van der Waals surface area contributed by atoms with E-state index in [0.29, 0.717) is 11.4 Å². The smallest absolute Gasteiger partial charge is 0.276 e. The number of nitriles is 1. The second kappa shape index (κ2) is 7.89. The normalized spacial score (nSPS) is 10.8. The van der Waals surface area contributed by atoms with E-state index in [-0.39, 0.29) is 17.0 Å². The molecule has 0 spiro atoms. The number of hydrogen-bond donors (Lipinski definition) is 2. The molecule has 0 saturated carbocycles. The Morgan fingerprint density at radius 2 is 1.68 bits per heavy atom.